The van der Waals surface area contributed by atoms with E-state index in [1.807, 2.05) is 0 Å². The van der Waals surface area contributed by atoms with Gasteiger partial charge in [-0.1, -0.05) is 6.07 Å². The Labute approximate surface area is 106 Å². The molecular weight excluding hydrogens is 248 g/mol. The van der Waals surface area contributed by atoms with Gasteiger partial charge in [0.15, 0.2) is 0 Å². The average molecular weight is 256 g/mol. The third-order valence-corrected chi connectivity index (χ3v) is 2.95. The molecule has 0 atom stereocenters. The van der Waals surface area contributed by atoms with Gasteiger partial charge < -0.3 is 14.6 Å². The highest BCUT2D eigenvalue weighted by atomic mass is 16.4. The van der Waals surface area contributed by atoms with Crippen molar-refractivity contribution in [2.75, 3.05) is 0 Å². The molecule has 2 aromatic carbocycles. The highest BCUT2D eigenvalue weighted by molar-refractivity contribution is 6.14. The van der Waals surface area contributed by atoms with Gasteiger partial charge in [0.2, 0.25) is 0 Å². The van der Waals surface area contributed by atoms with Crippen LogP contribution in [0.4, 0.5) is 0 Å². The van der Waals surface area contributed by atoms with E-state index in [0.29, 0.717) is 10.8 Å². The summed E-state index contributed by atoms with van der Waals surface area (Å²) < 4.78 is 5.09. The lowest BCUT2D eigenvalue weighted by atomic mass is 10.0. The van der Waals surface area contributed by atoms with Gasteiger partial charge in [0.25, 0.3) is 0 Å². The van der Waals surface area contributed by atoms with Crippen molar-refractivity contribution in [3.05, 3.63) is 52.4 Å². The van der Waals surface area contributed by atoms with E-state index in [1.54, 1.807) is 0 Å². The summed E-state index contributed by atoms with van der Waals surface area (Å²) in [6, 6.07) is 8.67. The molecular formula is C14H8O5. The Balaban J connectivity index is 2.64. The molecule has 0 aliphatic carbocycles. The Morgan fingerprint density at radius 3 is 2.63 bits per heavy atom. The van der Waals surface area contributed by atoms with E-state index in [-0.39, 0.29) is 22.3 Å². The van der Waals surface area contributed by atoms with Crippen molar-refractivity contribution in [2.45, 2.75) is 0 Å². The number of aromatic hydroxyl groups is 1. The predicted octanol–water partition coefficient (Wildman–Crippen LogP) is 2.35. The topological polar surface area (TPSA) is 87.7 Å². The minimum absolute atomic E-state index is 0.0527. The molecule has 0 unspecified atom stereocenters. The van der Waals surface area contributed by atoms with Crippen LogP contribution in [0, 0.1) is 0 Å². The Morgan fingerprint density at radius 2 is 1.89 bits per heavy atom. The molecule has 0 saturated heterocycles. The van der Waals surface area contributed by atoms with Gasteiger partial charge in [-0.05, 0) is 30.3 Å². The van der Waals surface area contributed by atoms with E-state index in [0.717, 1.165) is 0 Å². The molecule has 1 aromatic heterocycles. The van der Waals surface area contributed by atoms with Crippen LogP contribution in [0.1, 0.15) is 10.4 Å². The number of phenolic OH excluding ortho intramolecular Hbond substituents is 1. The van der Waals surface area contributed by atoms with Crippen LogP contribution in [0.2, 0.25) is 0 Å². The van der Waals surface area contributed by atoms with E-state index < -0.39 is 11.6 Å². The number of hydrogen-bond acceptors (Lipinski definition) is 4. The largest absolute Gasteiger partial charge is 0.508 e. The van der Waals surface area contributed by atoms with E-state index in [2.05, 4.69) is 0 Å². The minimum Gasteiger partial charge on any atom is -0.508 e. The minimum atomic E-state index is -1.10. The monoisotopic (exact) mass is 256 g/mol. The van der Waals surface area contributed by atoms with Crippen LogP contribution in [0.15, 0.2) is 45.6 Å². The van der Waals surface area contributed by atoms with Gasteiger partial charge in [0.1, 0.15) is 11.3 Å². The van der Waals surface area contributed by atoms with Crippen molar-refractivity contribution in [3.63, 3.8) is 0 Å². The zero-order valence-corrected chi connectivity index (χ0v) is 9.58. The second kappa shape index (κ2) is 3.84. The van der Waals surface area contributed by atoms with Crippen LogP contribution in [-0.4, -0.2) is 16.2 Å². The van der Waals surface area contributed by atoms with Crippen molar-refractivity contribution in [3.8, 4) is 5.75 Å². The van der Waals surface area contributed by atoms with Crippen LogP contribution in [0.5, 0.6) is 5.75 Å². The molecule has 1 heterocycles. The molecule has 3 rings (SSSR count). The first-order valence-electron chi connectivity index (χ1n) is 5.50. The fraction of sp³-hybridized carbons (Fsp3) is 0. The molecule has 0 fully saturated rings. The Kier molecular flexibility index (Phi) is 2.28. The fourth-order valence-electron chi connectivity index (χ4n) is 2.15. The molecule has 5 heteroatoms. The summed E-state index contributed by atoms with van der Waals surface area (Å²) in [6.07, 6.45) is 0. The lowest BCUT2D eigenvalue weighted by Gasteiger charge is -2.05. The maximum atomic E-state index is 11.8. The molecule has 0 aliphatic rings. The normalized spacial score (nSPS) is 10.9. The summed E-state index contributed by atoms with van der Waals surface area (Å²) in [7, 11) is 0. The maximum Gasteiger partial charge on any atom is 0.344 e. The summed E-state index contributed by atoms with van der Waals surface area (Å²) in [5.74, 6) is -1.18. The molecule has 0 aliphatic heterocycles. The summed E-state index contributed by atoms with van der Waals surface area (Å²) in [4.78, 5) is 23.0. The van der Waals surface area contributed by atoms with Gasteiger partial charge in [-0.25, -0.2) is 9.59 Å². The number of aromatic carboxylic acids is 1. The summed E-state index contributed by atoms with van der Waals surface area (Å²) >= 11 is 0. The molecule has 0 amide bonds. The molecule has 94 valence electrons. The first-order chi connectivity index (χ1) is 9.08. The molecule has 0 radical (unpaired) electrons. The Hall–Kier alpha value is -2.82. The standard InChI is InChI=1S/C14H8O5/c15-7-4-5-8-10(6-7)14(18)19-11-3-1-2-9(12(8)11)13(16)17/h1-6,15H,(H,16,17). The molecule has 0 bridgehead atoms. The zero-order chi connectivity index (χ0) is 13.6. The fourth-order valence-corrected chi connectivity index (χ4v) is 2.15. The highest BCUT2D eigenvalue weighted by Crippen LogP contribution is 2.28. The second-order valence-electron chi connectivity index (χ2n) is 4.10. The second-order valence-corrected chi connectivity index (χ2v) is 4.10. The van der Waals surface area contributed by atoms with Crippen LogP contribution in [-0.2, 0) is 0 Å². The summed E-state index contributed by atoms with van der Waals surface area (Å²) in [6.45, 7) is 0. The number of phenols is 1. The van der Waals surface area contributed by atoms with Crippen molar-refractivity contribution >= 4 is 27.7 Å². The zero-order valence-electron chi connectivity index (χ0n) is 9.58. The van der Waals surface area contributed by atoms with Gasteiger partial charge in [-0.15, -0.1) is 0 Å². The number of benzene rings is 2. The van der Waals surface area contributed by atoms with E-state index in [9.17, 15) is 19.8 Å². The maximum absolute atomic E-state index is 11.8. The van der Waals surface area contributed by atoms with Crippen molar-refractivity contribution in [2.24, 2.45) is 0 Å². The van der Waals surface area contributed by atoms with Crippen LogP contribution in [0.3, 0.4) is 0 Å². The van der Waals surface area contributed by atoms with Gasteiger partial charge in [-0.2, -0.15) is 0 Å². The lowest BCUT2D eigenvalue weighted by Crippen LogP contribution is -2.03. The van der Waals surface area contributed by atoms with Gasteiger partial charge in [0, 0.05) is 10.8 Å². The van der Waals surface area contributed by atoms with Crippen LogP contribution >= 0.6 is 0 Å². The molecule has 0 saturated carbocycles. The van der Waals surface area contributed by atoms with E-state index >= 15 is 0 Å². The first-order valence-corrected chi connectivity index (χ1v) is 5.50. The number of fused-ring (bicyclic) bond motifs is 3. The van der Waals surface area contributed by atoms with E-state index in [4.69, 9.17) is 4.42 Å². The first kappa shape index (κ1) is 11.3. The predicted molar refractivity (Wildman–Crippen MR) is 68.6 cm³/mol. The molecule has 3 aromatic rings. The number of rotatable bonds is 1. The number of carboxylic acid groups (broad SMARTS) is 1. The lowest BCUT2D eigenvalue weighted by molar-refractivity contribution is 0.0699. The number of carboxylic acids is 1. The Morgan fingerprint density at radius 1 is 1.11 bits per heavy atom. The highest BCUT2D eigenvalue weighted by Gasteiger charge is 2.15. The molecule has 5 nitrogen and oxygen atoms in total. The van der Waals surface area contributed by atoms with Crippen molar-refractivity contribution in [1.82, 2.24) is 0 Å². The number of hydrogen-bond donors (Lipinski definition) is 2. The average Bonchev–Trinajstić information content (AvgIpc) is 2.38. The van der Waals surface area contributed by atoms with Crippen LogP contribution < -0.4 is 5.63 Å². The van der Waals surface area contributed by atoms with Gasteiger partial charge in [-0.3, -0.25) is 0 Å². The summed E-state index contributed by atoms with van der Waals surface area (Å²) in [5, 5.41) is 19.6. The summed E-state index contributed by atoms with van der Waals surface area (Å²) in [5.41, 5.74) is -0.346. The van der Waals surface area contributed by atoms with E-state index in [1.165, 1.54) is 36.4 Å². The van der Waals surface area contributed by atoms with Crippen LogP contribution in [0.25, 0.3) is 21.7 Å². The smallest absolute Gasteiger partial charge is 0.344 e. The SMILES string of the molecule is O=C(O)c1cccc2oc(=O)c3cc(O)ccc3c12. The third kappa shape index (κ3) is 1.63. The third-order valence-electron chi connectivity index (χ3n) is 2.95. The number of carbonyl (C=O) groups is 1. The van der Waals surface area contributed by atoms with Crippen molar-refractivity contribution < 1.29 is 19.4 Å². The Bertz CT molecular complexity index is 876. The molecule has 2 N–H and O–H groups in total. The van der Waals surface area contributed by atoms with Gasteiger partial charge >= 0.3 is 11.6 Å². The van der Waals surface area contributed by atoms with Gasteiger partial charge in [0.05, 0.1) is 10.9 Å². The quantitative estimate of drug-likeness (QED) is 0.515. The molecule has 0 spiro atoms. The molecule has 19 heavy (non-hydrogen) atoms. The van der Waals surface area contributed by atoms with Crippen molar-refractivity contribution in [1.29, 1.82) is 0 Å².